The van der Waals surface area contributed by atoms with Crippen LogP contribution in [0.25, 0.3) is 0 Å². The molecule has 1 heterocycles. The van der Waals surface area contributed by atoms with E-state index >= 15 is 0 Å². The fourth-order valence-electron chi connectivity index (χ4n) is 1.35. The number of carbonyl (C=O) groups is 1. The third-order valence-electron chi connectivity index (χ3n) is 2.12. The standard InChI is InChI=1S/C9H10O2S/c1-5-4-7(9(10)11)12-8(5)6-2-3-6/h4,6H,2-3H2,1H3,(H,10,11). The smallest absolute Gasteiger partial charge is 0.345 e. The molecule has 2 nitrogen and oxygen atoms in total. The first-order valence-electron chi connectivity index (χ1n) is 4.02. The molecule has 0 spiro atoms. The Morgan fingerprint density at radius 1 is 1.67 bits per heavy atom. The van der Waals surface area contributed by atoms with Crippen molar-refractivity contribution in [3.05, 3.63) is 21.4 Å². The maximum atomic E-state index is 10.6. The van der Waals surface area contributed by atoms with Crippen LogP contribution in [0.1, 0.15) is 38.9 Å². The van der Waals surface area contributed by atoms with Gasteiger partial charge in [0.05, 0.1) is 0 Å². The SMILES string of the molecule is Cc1cc(C(=O)O)sc1C1CC1. The second-order valence-electron chi connectivity index (χ2n) is 3.24. The molecule has 1 fully saturated rings. The van der Waals surface area contributed by atoms with Crippen LogP contribution in [0, 0.1) is 6.92 Å². The van der Waals surface area contributed by atoms with Gasteiger partial charge in [-0.25, -0.2) is 4.79 Å². The molecular formula is C9H10O2S. The average molecular weight is 182 g/mol. The Morgan fingerprint density at radius 3 is 2.75 bits per heavy atom. The van der Waals surface area contributed by atoms with Crippen molar-refractivity contribution in [2.75, 3.05) is 0 Å². The van der Waals surface area contributed by atoms with E-state index in [0.29, 0.717) is 10.8 Å². The Kier molecular flexibility index (Phi) is 1.68. The van der Waals surface area contributed by atoms with E-state index in [-0.39, 0.29) is 0 Å². The number of carboxylic acids is 1. The summed E-state index contributed by atoms with van der Waals surface area (Å²) in [5.74, 6) is -0.127. The van der Waals surface area contributed by atoms with Crippen molar-refractivity contribution >= 4 is 17.3 Å². The highest BCUT2D eigenvalue weighted by Crippen LogP contribution is 2.45. The summed E-state index contributed by atoms with van der Waals surface area (Å²) in [5, 5.41) is 8.74. The minimum atomic E-state index is -0.796. The molecule has 0 saturated heterocycles. The molecule has 0 atom stereocenters. The van der Waals surface area contributed by atoms with Gasteiger partial charge in [0.2, 0.25) is 0 Å². The van der Waals surface area contributed by atoms with Gasteiger partial charge >= 0.3 is 5.97 Å². The number of hydrogen-bond acceptors (Lipinski definition) is 2. The summed E-state index contributed by atoms with van der Waals surface area (Å²) in [5.41, 5.74) is 1.15. The van der Waals surface area contributed by atoms with Crippen molar-refractivity contribution in [2.24, 2.45) is 0 Å². The summed E-state index contributed by atoms with van der Waals surface area (Å²) in [7, 11) is 0. The van der Waals surface area contributed by atoms with Crippen LogP contribution in [0.3, 0.4) is 0 Å². The molecule has 3 heteroatoms. The van der Waals surface area contributed by atoms with E-state index in [4.69, 9.17) is 5.11 Å². The van der Waals surface area contributed by atoms with E-state index in [1.807, 2.05) is 6.92 Å². The van der Waals surface area contributed by atoms with Crippen LogP contribution < -0.4 is 0 Å². The van der Waals surface area contributed by atoms with Crippen LogP contribution in [-0.4, -0.2) is 11.1 Å². The van der Waals surface area contributed by atoms with Crippen molar-refractivity contribution < 1.29 is 9.90 Å². The number of rotatable bonds is 2. The molecule has 1 saturated carbocycles. The summed E-state index contributed by atoms with van der Waals surface area (Å²) < 4.78 is 0. The molecule has 2 rings (SSSR count). The van der Waals surface area contributed by atoms with Crippen LogP contribution in [0.5, 0.6) is 0 Å². The predicted molar refractivity (Wildman–Crippen MR) is 48.0 cm³/mol. The van der Waals surface area contributed by atoms with Crippen LogP contribution in [0.4, 0.5) is 0 Å². The van der Waals surface area contributed by atoms with Gasteiger partial charge in [0.1, 0.15) is 4.88 Å². The first-order chi connectivity index (χ1) is 5.68. The molecule has 0 aliphatic heterocycles. The van der Waals surface area contributed by atoms with Gasteiger partial charge in [-0.05, 0) is 37.3 Å². The molecule has 0 radical (unpaired) electrons. The summed E-state index contributed by atoms with van der Waals surface area (Å²) >= 11 is 1.44. The lowest BCUT2D eigenvalue weighted by Crippen LogP contribution is -1.89. The lowest BCUT2D eigenvalue weighted by atomic mass is 10.2. The summed E-state index contributed by atoms with van der Waals surface area (Å²) in [6.07, 6.45) is 2.47. The molecule has 0 aromatic carbocycles. The largest absolute Gasteiger partial charge is 0.477 e. The zero-order valence-corrected chi connectivity index (χ0v) is 7.65. The molecule has 1 aromatic heterocycles. The van der Waals surface area contributed by atoms with Crippen molar-refractivity contribution in [3.8, 4) is 0 Å². The van der Waals surface area contributed by atoms with Gasteiger partial charge in [-0.3, -0.25) is 0 Å². The van der Waals surface area contributed by atoms with Gasteiger partial charge in [-0.1, -0.05) is 0 Å². The van der Waals surface area contributed by atoms with Gasteiger partial charge in [0, 0.05) is 4.88 Å². The molecule has 0 unspecified atom stereocenters. The first-order valence-corrected chi connectivity index (χ1v) is 4.83. The topological polar surface area (TPSA) is 37.3 Å². The minimum Gasteiger partial charge on any atom is -0.477 e. The summed E-state index contributed by atoms with van der Waals surface area (Å²) in [6, 6.07) is 1.78. The van der Waals surface area contributed by atoms with E-state index in [1.165, 1.54) is 29.1 Å². The maximum absolute atomic E-state index is 10.6. The van der Waals surface area contributed by atoms with Gasteiger partial charge in [0.15, 0.2) is 0 Å². The number of aromatic carboxylic acids is 1. The maximum Gasteiger partial charge on any atom is 0.345 e. The Bertz CT molecular complexity index is 323. The highest BCUT2D eigenvalue weighted by atomic mass is 32.1. The highest BCUT2D eigenvalue weighted by Gasteiger charge is 2.27. The van der Waals surface area contributed by atoms with Crippen LogP contribution in [-0.2, 0) is 0 Å². The molecule has 1 N–H and O–H groups in total. The molecule has 1 aromatic rings. The predicted octanol–water partition coefficient (Wildman–Crippen LogP) is 2.63. The molecule has 0 bridgehead atoms. The molecule has 0 amide bonds. The summed E-state index contributed by atoms with van der Waals surface area (Å²) in [4.78, 5) is 12.4. The van der Waals surface area contributed by atoms with Gasteiger partial charge in [-0.15, -0.1) is 11.3 Å². The lowest BCUT2D eigenvalue weighted by Gasteiger charge is -1.90. The highest BCUT2D eigenvalue weighted by molar-refractivity contribution is 7.14. The summed E-state index contributed by atoms with van der Waals surface area (Å²) in [6.45, 7) is 2.00. The van der Waals surface area contributed by atoms with Gasteiger partial charge in [-0.2, -0.15) is 0 Å². The quantitative estimate of drug-likeness (QED) is 0.763. The Balaban J connectivity index is 2.36. The number of hydrogen-bond donors (Lipinski definition) is 1. The second-order valence-corrected chi connectivity index (χ2v) is 4.32. The van der Waals surface area contributed by atoms with E-state index in [9.17, 15) is 4.79 Å². The van der Waals surface area contributed by atoms with E-state index in [1.54, 1.807) is 6.07 Å². The molecule has 1 aliphatic carbocycles. The second kappa shape index (κ2) is 2.59. The van der Waals surface area contributed by atoms with Gasteiger partial charge < -0.3 is 5.11 Å². The molecule has 64 valence electrons. The first kappa shape index (κ1) is 7.80. The Hall–Kier alpha value is -0.830. The number of carboxylic acid groups (broad SMARTS) is 1. The van der Waals surface area contributed by atoms with Crippen molar-refractivity contribution in [1.82, 2.24) is 0 Å². The fourth-order valence-corrected chi connectivity index (χ4v) is 2.53. The molecular weight excluding hydrogens is 172 g/mol. The zero-order valence-electron chi connectivity index (χ0n) is 6.83. The molecule has 1 aliphatic rings. The Labute approximate surface area is 74.8 Å². The zero-order chi connectivity index (χ0) is 8.72. The van der Waals surface area contributed by atoms with Crippen molar-refractivity contribution in [2.45, 2.75) is 25.7 Å². The molecule has 12 heavy (non-hydrogen) atoms. The number of aryl methyl sites for hydroxylation is 1. The van der Waals surface area contributed by atoms with Crippen LogP contribution in [0.15, 0.2) is 6.07 Å². The Morgan fingerprint density at radius 2 is 2.33 bits per heavy atom. The van der Waals surface area contributed by atoms with E-state index in [0.717, 1.165) is 5.56 Å². The number of thiophene rings is 1. The monoisotopic (exact) mass is 182 g/mol. The van der Waals surface area contributed by atoms with Gasteiger partial charge in [0.25, 0.3) is 0 Å². The van der Waals surface area contributed by atoms with E-state index < -0.39 is 5.97 Å². The fraction of sp³-hybridized carbons (Fsp3) is 0.444. The van der Waals surface area contributed by atoms with E-state index in [2.05, 4.69) is 0 Å². The third-order valence-corrected chi connectivity index (χ3v) is 3.50. The average Bonchev–Trinajstić information content (AvgIpc) is 2.75. The lowest BCUT2D eigenvalue weighted by molar-refractivity contribution is 0.0702. The normalized spacial score (nSPS) is 16.4. The van der Waals surface area contributed by atoms with Crippen LogP contribution in [0.2, 0.25) is 0 Å². The van der Waals surface area contributed by atoms with Crippen molar-refractivity contribution in [1.29, 1.82) is 0 Å². The minimum absolute atomic E-state index is 0.481. The van der Waals surface area contributed by atoms with Crippen molar-refractivity contribution in [3.63, 3.8) is 0 Å². The van der Waals surface area contributed by atoms with Crippen LogP contribution >= 0.6 is 11.3 Å². The third kappa shape index (κ3) is 1.25.